The topological polar surface area (TPSA) is 78.2 Å². The first-order chi connectivity index (χ1) is 5.34. The number of rotatable bonds is 2. The van der Waals surface area contributed by atoms with Crippen molar-refractivity contribution in [1.82, 2.24) is 10.4 Å². The molecule has 0 aromatic carbocycles. The number of nitrogens with one attached hydrogen (secondary N) is 2. The Morgan fingerprint density at radius 1 is 1.64 bits per heavy atom. The van der Waals surface area contributed by atoms with Crippen LogP contribution in [-0.2, 0) is 0 Å². The van der Waals surface area contributed by atoms with Gasteiger partial charge in [0.2, 0.25) is 0 Å². The molecule has 0 aliphatic carbocycles. The lowest BCUT2D eigenvalue weighted by Gasteiger charge is -1.94. The van der Waals surface area contributed by atoms with E-state index in [2.05, 4.69) is 10.2 Å². The zero-order valence-electron chi connectivity index (χ0n) is 5.61. The predicted octanol–water partition coefficient (Wildman–Crippen LogP) is 0.757. The van der Waals surface area contributed by atoms with E-state index in [0.717, 1.165) is 0 Å². The van der Waals surface area contributed by atoms with Crippen LogP contribution in [0.3, 0.4) is 0 Å². The Labute approximate surface area is 62.9 Å². The molecule has 5 heteroatoms. The average Bonchev–Trinajstić information content (AvgIpc) is 2.07. The van der Waals surface area contributed by atoms with Crippen LogP contribution in [0.25, 0.3) is 0 Å². The van der Waals surface area contributed by atoms with Gasteiger partial charge in [0.05, 0.1) is 0 Å². The largest absolute Gasteiger partial charge is 0.291 e. The molecule has 1 amide bonds. The first-order valence-corrected chi connectivity index (χ1v) is 2.92. The van der Waals surface area contributed by atoms with Crippen molar-refractivity contribution in [2.24, 2.45) is 5.22 Å². The van der Waals surface area contributed by atoms with Crippen molar-refractivity contribution < 1.29 is 4.79 Å². The van der Waals surface area contributed by atoms with Gasteiger partial charge in [-0.15, -0.1) is 0 Å². The van der Waals surface area contributed by atoms with Crippen LogP contribution >= 0.6 is 0 Å². The van der Waals surface area contributed by atoms with Gasteiger partial charge in [-0.1, -0.05) is 11.3 Å². The fraction of sp³-hybridized carbons (Fsp3) is 0. The molecule has 0 atom stereocenters. The Hall–Kier alpha value is -1.78. The van der Waals surface area contributed by atoms with Crippen molar-refractivity contribution in [2.75, 3.05) is 0 Å². The molecule has 11 heavy (non-hydrogen) atoms. The van der Waals surface area contributed by atoms with Crippen molar-refractivity contribution in [3.05, 3.63) is 30.1 Å². The van der Waals surface area contributed by atoms with Crippen molar-refractivity contribution in [2.45, 2.75) is 0 Å². The summed E-state index contributed by atoms with van der Waals surface area (Å²) in [4.78, 5) is 14.6. The maximum Gasteiger partial charge on any atom is 0.291 e. The molecule has 0 aliphatic heterocycles. The van der Waals surface area contributed by atoms with Crippen LogP contribution < -0.4 is 5.43 Å². The van der Waals surface area contributed by atoms with Crippen LogP contribution in [0.1, 0.15) is 10.5 Å². The Balaban J connectivity index is 2.77. The monoisotopic (exact) mass is 150 g/mol. The number of carbonyl (C=O) groups is 1. The van der Waals surface area contributed by atoms with Crippen LogP contribution in [0.2, 0.25) is 0 Å². The van der Waals surface area contributed by atoms with Gasteiger partial charge < -0.3 is 0 Å². The van der Waals surface area contributed by atoms with Crippen LogP contribution in [0, 0.1) is 5.53 Å². The molecule has 1 heterocycles. The number of carbonyl (C=O) groups excluding carboxylic acids is 1. The zero-order valence-corrected chi connectivity index (χ0v) is 5.61. The second kappa shape index (κ2) is 3.40. The molecule has 1 aromatic heterocycles. The normalized spacial score (nSPS) is 8.73. The van der Waals surface area contributed by atoms with E-state index in [0.29, 0.717) is 0 Å². The molecule has 0 saturated heterocycles. The molecular formula is C6H6N4O. The number of hydrogen-bond donors (Lipinski definition) is 2. The van der Waals surface area contributed by atoms with Gasteiger partial charge in [-0.3, -0.25) is 9.78 Å². The minimum Gasteiger partial charge on any atom is -0.265 e. The van der Waals surface area contributed by atoms with E-state index < -0.39 is 5.91 Å². The SMILES string of the molecule is N=NNC(=O)c1ccccn1. The Kier molecular flexibility index (Phi) is 2.27. The second-order valence-electron chi connectivity index (χ2n) is 1.77. The molecule has 1 rings (SSSR count). The highest BCUT2D eigenvalue weighted by Gasteiger charge is 2.02. The van der Waals surface area contributed by atoms with Gasteiger partial charge in [0.15, 0.2) is 0 Å². The van der Waals surface area contributed by atoms with Gasteiger partial charge in [-0.2, -0.15) is 5.53 Å². The summed E-state index contributed by atoms with van der Waals surface area (Å²) >= 11 is 0. The van der Waals surface area contributed by atoms with E-state index in [1.165, 1.54) is 6.20 Å². The predicted molar refractivity (Wildman–Crippen MR) is 36.9 cm³/mol. The number of amides is 1. The molecule has 0 spiro atoms. The lowest BCUT2D eigenvalue weighted by Crippen LogP contribution is -2.17. The van der Waals surface area contributed by atoms with Crippen molar-refractivity contribution in [1.29, 1.82) is 5.53 Å². The van der Waals surface area contributed by atoms with Crippen molar-refractivity contribution in [3.8, 4) is 0 Å². The quantitative estimate of drug-likeness (QED) is 0.482. The zero-order chi connectivity index (χ0) is 8.10. The van der Waals surface area contributed by atoms with E-state index in [9.17, 15) is 4.79 Å². The lowest BCUT2D eigenvalue weighted by molar-refractivity contribution is 0.0945. The van der Waals surface area contributed by atoms with E-state index in [4.69, 9.17) is 5.53 Å². The molecular weight excluding hydrogens is 144 g/mol. The van der Waals surface area contributed by atoms with Gasteiger partial charge in [-0.05, 0) is 12.1 Å². The summed E-state index contributed by atoms with van der Waals surface area (Å²) in [6.07, 6.45) is 1.50. The lowest BCUT2D eigenvalue weighted by atomic mass is 10.3. The molecule has 0 radical (unpaired) electrons. The third-order valence-electron chi connectivity index (χ3n) is 1.05. The molecule has 0 bridgehead atoms. The van der Waals surface area contributed by atoms with E-state index >= 15 is 0 Å². The fourth-order valence-electron chi connectivity index (χ4n) is 0.605. The molecule has 0 saturated carbocycles. The summed E-state index contributed by atoms with van der Waals surface area (Å²) < 4.78 is 0. The number of aromatic nitrogens is 1. The minimum absolute atomic E-state index is 0.253. The molecule has 2 N–H and O–H groups in total. The van der Waals surface area contributed by atoms with Crippen molar-refractivity contribution in [3.63, 3.8) is 0 Å². The summed E-state index contributed by atoms with van der Waals surface area (Å²) in [5.74, 6) is -0.472. The molecule has 1 aromatic rings. The molecule has 56 valence electrons. The maximum atomic E-state index is 10.9. The van der Waals surface area contributed by atoms with E-state index in [1.54, 1.807) is 18.2 Å². The summed E-state index contributed by atoms with van der Waals surface area (Å²) in [7, 11) is 0. The number of nitrogens with zero attached hydrogens (tertiary/aromatic N) is 2. The molecule has 0 fully saturated rings. The van der Waals surface area contributed by atoms with Crippen LogP contribution in [0.4, 0.5) is 0 Å². The first kappa shape index (κ1) is 7.33. The number of hydrogen-bond acceptors (Lipinski definition) is 4. The minimum atomic E-state index is -0.472. The Bertz CT molecular complexity index is 259. The highest BCUT2D eigenvalue weighted by atomic mass is 16.2. The highest BCUT2D eigenvalue weighted by molar-refractivity contribution is 5.91. The fourth-order valence-corrected chi connectivity index (χ4v) is 0.605. The third-order valence-corrected chi connectivity index (χ3v) is 1.05. The summed E-state index contributed by atoms with van der Waals surface area (Å²) in [6.45, 7) is 0. The molecule has 5 nitrogen and oxygen atoms in total. The van der Waals surface area contributed by atoms with E-state index in [-0.39, 0.29) is 5.69 Å². The van der Waals surface area contributed by atoms with Crippen LogP contribution in [0.15, 0.2) is 29.6 Å². The van der Waals surface area contributed by atoms with Gasteiger partial charge in [0.1, 0.15) is 5.69 Å². The number of pyridine rings is 1. The second-order valence-corrected chi connectivity index (χ2v) is 1.77. The average molecular weight is 150 g/mol. The van der Waals surface area contributed by atoms with Gasteiger partial charge in [0.25, 0.3) is 5.91 Å². The van der Waals surface area contributed by atoms with Gasteiger partial charge in [0, 0.05) is 6.20 Å². The highest BCUT2D eigenvalue weighted by Crippen LogP contribution is 1.91. The Morgan fingerprint density at radius 2 is 2.45 bits per heavy atom. The van der Waals surface area contributed by atoms with Gasteiger partial charge in [-0.25, -0.2) is 5.43 Å². The smallest absolute Gasteiger partial charge is 0.265 e. The summed E-state index contributed by atoms with van der Waals surface area (Å²) in [5, 5.41) is 2.72. The third kappa shape index (κ3) is 1.82. The Morgan fingerprint density at radius 3 is 3.00 bits per heavy atom. The van der Waals surface area contributed by atoms with Crippen molar-refractivity contribution >= 4 is 5.91 Å². The van der Waals surface area contributed by atoms with Crippen LogP contribution in [-0.4, -0.2) is 10.9 Å². The maximum absolute atomic E-state index is 10.9. The van der Waals surface area contributed by atoms with Crippen LogP contribution in [0.5, 0.6) is 0 Å². The van der Waals surface area contributed by atoms with E-state index in [1.807, 2.05) is 5.43 Å². The first-order valence-electron chi connectivity index (χ1n) is 2.92. The molecule has 0 unspecified atom stereocenters. The summed E-state index contributed by atoms with van der Waals surface area (Å²) in [5.41, 5.74) is 8.55. The van der Waals surface area contributed by atoms with Gasteiger partial charge >= 0.3 is 0 Å². The molecule has 0 aliphatic rings. The summed E-state index contributed by atoms with van der Waals surface area (Å²) in [6, 6.07) is 4.93. The standard InChI is InChI=1S/C6H6N4O/c7-10-9-6(11)5-3-1-2-4-8-5/h1-4H,(H2,7,9,11).